The predicted octanol–water partition coefficient (Wildman–Crippen LogP) is 2.72. The molecule has 0 saturated heterocycles. The molecule has 0 radical (unpaired) electrons. The predicted molar refractivity (Wildman–Crippen MR) is 97.9 cm³/mol. The second kappa shape index (κ2) is 9.78. The molecule has 0 N–H and O–H groups in total. The maximum atomic E-state index is 3.39. The van der Waals surface area contributed by atoms with Crippen molar-refractivity contribution in [1.29, 1.82) is 0 Å². The van der Waals surface area contributed by atoms with Gasteiger partial charge in [-0.2, -0.15) is 0 Å². The molecule has 112 valence electrons. The third-order valence-electron chi connectivity index (χ3n) is 3.68. The largest absolute Gasteiger partial charge is 1.00 e. The smallest absolute Gasteiger partial charge is 0.150 e. The Morgan fingerprint density at radius 1 is 0.708 bits per heavy atom. The van der Waals surface area contributed by atoms with Gasteiger partial charge in [0.2, 0.25) is 0 Å². The molecule has 0 aliphatic carbocycles. The van der Waals surface area contributed by atoms with Gasteiger partial charge in [-0.1, -0.05) is 77.9 Å². The van der Waals surface area contributed by atoms with Crippen molar-refractivity contribution in [1.82, 2.24) is 0 Å². The van der Waals surface area contributed by atoms with Gasteiger partial charge in [0.05, 0.1) is 0 Å². The zero-order valence-electron chi connectivity index (χ0n) is 14.0. The van der Waals surface area contributed by atoms with Crippen LogP contribution in [0.2, 0.25) is 0 Å². The van der Waals surface area contributed by atoms with Crippen LogP contribution in [-0.4, -0.2) is 0 Å². The van der Waals surface area contributed by atoms with Gasteiger partial charge in [-0.3, -0.25) is 0 Å². The molecule has 0 aliphatic rings. The first-order chi connectivity index (χ1) is 11.4. The van der Waals surface area contributed by atoms with Crippen LogP contribution in [0, 0.1) is 6.08 Å². The quantitative estimate of drug-likeness (QED) is 0.386. The van der Waals surface area contributed by atoms with E-state index in [9.17, 15) is 0 Å². The molecule has 0 atom stereocenters. The van der Waals surface area contributed by atoms with Crippen molar-refractivity contribution < 1.29 is 18.9 Å². The van der Waals surface area contributed by atoms with Gasteiger partial charge in [0, 0.05) is 0 Å². The fraction of sp³-hybridized carbons (Fsp3) is 0.0435. The Hall–Kier alpha value is -2.26. The minimum absolute atomic E-state index is 0. The Balaban J connectivity index is 0.00000208. The van der Waals surface area contributed by atoms with E-state index >= 15 is 0 Å². The van der Waals surface area contributed by atoms with E-state index < -0.39 is 0 Å². The number of hydrogen-bond donors (Lipinski definition) is 0. The normalized spacial score (nSPS) is 11.2. The van der Waals surface area contributed by atoms with E-state index in [2.05, 4.69) is 85.0 Å². The van der Waals surface area contributed by atoms with Gasteiger partial charge in [0.15, 0.2) is 0 Å². The second-order valence-corrected chi connectivity index (χ2v) is 5.37. The number of hydrogen-bond acceptors (Lipinski definition) is 0. The maximum absolute atomic E-state index is 3.39. The summed E-state index contributed by atoms with van der Waals surface area (Å²) in [5.74, 6) is 0. The summed E-state index contributed by atoms with van der Waals surface area (Å²) in [5, 5.41) is 0. The van der Waals surface area contributed by atoms with Gasteiger partial charge in [-0.05, 0) is 12.0 Å². The van der Waals surface area contributed by atoms with Crippen LogP contribution < -0.4 is 18.9 Å². The zero-order chi connectivity index (χ0) is 15.7. The fourth-order valence-electron chi connectivity index (χ4n) is 2.43. The van der Waals surface area contributed by atoms with Gasteiger partial charge < -0.3 is 0 Å². The summed E-state index contributed by atoms with van der Waals surface area (Å²) < 4.78 is 0. The van der Waals surface area contributed by atoms with Crippen molar-refractivity contribution in [2.45, 2.75) is 6.42 Å². The van der Waals surface area contributed by atoms with E-state index in [0.29, 0.717) is 0 Å². The first-order valence-electron chi connectivity index (χ1n) is 7.86. The molecule has 3 aromatic rings. The van der Waals surface area contributed by atoms with Gasteiger partial charge in [-0.25, -0.2) is 0 Å². The topological polar surface area (TPSA) is 0 Å². The molecule has 0 aromatic heterocycles. The van der Waals surface area contributed by atoms with E-state index in [-0.39, 0.29) is 18.9 Å². The summed E-state index contributed by atoms with van der Waals surface area (Å²) in [6.45, 7) is 0. The summed E-state index contributed by atoms with van der Waals surface area (Å²) in [5.41, 5.74) is 4.81. The molecule has 0 bridgehead atoms. The molecule has 0 unspecified atom stereocenters. The van der Waals surface area contributed by atoms with E-state index in [1.165, 1.54) is 16.7 Å². The molecule has 3 aromatic carbocycles. The molecule has 0 spiro atoms. The first kappa shape index (κ1) is 18.1. The maximum Gasteiger partial charge on any atom is 1.00 e. The Labute approximate surface area is 156 Å². The number of allylic oxidation sites excluding steroid dienone is 3. The fourth-order valence-corrected chi connectivity index (χ4v) is 2.43. The summed E-state index contributed by atoms with van der Waals surface area (Å²) in [4.78, 5) is 0. The Morgan fingerprint density at radius 2 is 1.25 bits per heavy atom. The van der Waals surface area contributed by atoms with Crippen LogP contribution in [-0.2, 0) is 6.42 Å². The van der Waals surface area contributed by atoms with E-state index in [4.69, 9.17) is 0 Å². The van der Waals surface area contributed by atoms with Gasteiger partial charge in [0.1, 0.15) is 0 Å². The van der Waals surface area contributed by atoms with Gasteiger partial charge in [-0.15, -0.1) is 48.1 Å². The Bertz CT molecular complexity index is 772. The second-order valence-electron chi connectivity index (χ2n) is 5.37. The number of rotatable bonds is 5. The van der Waals surface area contributed by atoms with Gasteiger partial charge in [0.25, 0.3) is 0 Å². The summed E-state index contributed by atoms with van der Waals surface area (Å²) >= 11 is 0. The Morgan fingerprint density at radius 3 is 1.88 bits per heavy atom. The van der Waals surface area contributed by atoms with Crippen LogP contribution in [0.5, 0.6) is 0 Å². The molecular weight excluding hydrogens is 283 g/mol. The van der Waals surface area contributed by atoms with Crippen LogP contribution in [0.4, 0.5) is 0 Å². The van der Waals surface area contributed by atoms with Crippen molar-refractivity contribution in [3.63, 3.8) is 0 Å². The molecule has 0 nitrogen and oxygen atoms in total. The van der Waals surface area contributed by atoms with Crippen LogP contribution in [0.3, 0.4) is 0 Å². The van der Waals surface area contributed by atoms with Crippen molar-refractivity contribution in [3.8, 4) is 0 Å². The van der Waals surface area contributed by atoms with E-state index in [1.54, 1.807) is 0 Å². The molecule has 0 aliphatic heterocycles. The summed E-state index contributed by atoms with van der Waals surface area (Å²) in [6, 6.07) is 31.2. The van der Waals surface area contributed by atoms with Gasteiger partial charge >= 0.3 is 18.9 Å². The van der Waals surface area contributed by atoms with Crippen molar-refractivity contribution in [2.75, 3.05) is 0 Å². The molecule has 24 heavy (non-hydrogen) atoms. The molecule has 0 amide bonds. The molecule has 1 heteroatoms. The first-order valence-corrected chi connectivity index (χ1v) is 7.86. The molecular formula is C23H19Li. The minimum atomic E-state index is 0. The molecule has 0 saturated carbocycles. The molecule has 3 rings (SSSR count). The number of benzene rings is 3. The third kappa shape index (κ3) is 5.43. The minimum Gasteiger partial charge on any atom is -0.150 e. The average molecular weight is 302 g/mol. The van der Waals surface area contributed by atoms with Crippen LogP contribution in [0.25, 0.3) is 5.57 Å². The van der Waals surface area contributed by atoms with Crippen LogP contribution >= 0.6 is 0 Å². The Kier molecular flexibility index (Phi) is 7.37. The SMILES string of the molecule is [C-](=CC(=CCc1ccccc1)c1ccccc1)c1ccccc1.[Li+]. The van der Waals surface area contributed by atoms with Crippen molar-refractivity contribution in [3.05, 3.63) is 126 Å². The van der Waals surface area contributed by atoms with Crippen LogP contribution in [0.1, 0.15) is 16.7 Å². The molecule has 0 heterocycles. The van der Waals surface area contributed by atoms with Crippen LogP contribution in [0.15, 0.2) is 103 Å². The van der Waals surface area contributed by atoms with E-state index in [0.717, 1.165) is 12.0 Å². The standard InChI is InChI=1S/C23H19.Li/c1-4-10-20(11-5-1)16-18-23(22-14-8-3-9-15-22)19-17-21-12-6-2-7-13-21;/h1-15,18-19H,16H2;/q-1;+1. The zero-order valence-corrected chi connectivity index (χ0v) is 14.0. The third-order valence-corrected chi connectivity index (χ3v) is 3.68. The van der Waals surface area contributed by atoms with Crippen molar-refractivity contribution in [2.24, 2.45) is 0 Å². The molecule has 0 fully saturated rings. The average Bonchev–Trinajstić information content (AvgIpc) is 2.64. The summed E-state index contributed by atoms with van der Waals surface area (Å²) in [6.07, 6.45) is 8.64. The monoisotopic (exact) mass is 302 g/mol. The van der Waals surface area contributed by atoms with E-state index in [1.807, 2.05) is 24.3 Å². The summed E-state index contributed by atoms with van der Waals surface area (Å²) in [7, 11) is 0. The van der Waals surface area contributed by atoms with Crippen molar-refractivity contribution >= 4 is 5.57 Å².